The molecule has 7 nitrogen and oxygen atoms in total. The monoisotopic (exact) mass is 560 g/mol. The third-order valence-corrected chi connectivity index (χ3v) is 4.97. The van der Waals surface area contributed by atoms with Gasteiger partial charge in [0, 0.05) is 26.3 Å². The van der Waals surface area contributed by atoms with Crippen molar-refractivity contribution in [2.45, 2.75) is 65.8 Å². The van der Waals surface area contributed by atoms with Gasteiger partial charge in [0.25, 0.3) is 0 Å². The zero-order chi connectivity index (χ0) is 25.1. The van der Waals surface area contributed by atoms with Crippen molar-refractivity contribution < 1.29 is 23.8 Å². The molecule has 0 radical (unpaired) electrons. The molecule has 33 heavy (non-hydrogen) atoms. The second kappa shape index (κ2) is 10.5. The summed E-state index contributed by atoms with van der Waals surface area (Å²) in [5, 5.41) is 0.825. The van der Waals surface area contributed by atoms with Crippen LogP contribution in [0, 0.1) is 0 Å². The van der Waals surface area contributed by atoms with Gasteiger partial charge in [-0.25, -0.2) is 14.6 Å². The highest BCUT2D eigenvalue weighted by Gasteiger charge is 2.36. The van der Waals surface area contributed by atoms with E-state index in [2.05, 4.69) is 20.9 Å². The number of carbonyl (C=O) groups excluding carboxylic acids is 2. The predicted molar refractivity (Wildman–Crippen MR) is 132 cm³/mol. The van der Waals surface area contributed by atoms with Crippen LogP contribution >= 0.6 is 39.1 Å². The molecule has 1 aromatic heterocycles. The van der Waals surface area contributed by atoms with Crippen molar-refractivity contribution in [3.63, 3.8) is 0 Å². The number of hydrogen-bond donors (Lipinski definition) is 0. The molecule has 2 aromatic rings. The molecule has 0 saturated heterocycles. The number of rotatable bonds is 4. The van der Waals surface area contributed by atoms with Crippen LogP contribution in [-0.2, 0) is 9.47 Å². The van der Waals surface area contributed by atoms with Crippen LogP contribution < -0.4 is 9.64 Å². The van der Waals surface area contributed by atoms with Gasteiger partial charge >= 0.3 is 12.2 Å². The van der Waals surface area contributed by atoms with Crippen molar-refractivity contribution in [3.8, 4) is 5.75 Å². The number of imide groups is 1. The average Bonchev–Trinajstić information content (AvgIpc) is 2.60. The summed E-state index contributed by atoms with van der Waals surface area (Å²) >= 11 is 16.0. The molecule has 1 aromatic carbocycles. The zero-order valence-corrected chi connectivity index (χ0v) is 22.6. The lowest BCUT2D eigenvalue weighted by molar-refractivity contribution is 0.0426. The molecular weight excluding hydrogens is 535 g/mol. The quantitative estimate of drug-likeness (QED) is 0.376. The summed E-state index contributed by atoms with van der Waals surface area (Å²) in [7, 11) is 0. The number of aromatic nitrogens is 1. The minimum absolute atomic E-state index is 0.100. The highest BCUT2D eigenvalue weighted by molar-refractivity contribution is 9.10. The Labute approximate surface area is 212 Å². The summed E-state index contributed by atoms with van der Waals surface area (Å²) in [5.74, 6) is 0.0151. The van der Waals surface area contributed by atoms with Gasteiger partial charge in [-0.05, 0) is 82.6 Å². The number of nitrogens with zero attached hydrogens (tertiary/aromatic N) is 2. The topological polar surface area (TPSA) is 78.0 Å². The SMILES string of the molecule is C[C@@H](Oc1cc(Br)cnc1N(C(=O)OC(C)(C)C)C(=O)OC(C)(C)C)c1c(Cl)cccc1Cl. The van der Waals surface area contributed by atoms with Crippen LogP contribution in [0.1, 0.15) is 60.1 Å². The van der Waals surface area contributed by atoms with Gasteiger partial charge < -0.3 is 14.2 Å². The molecule has 2 rings (SSSR count). The number of pyridine rings is 1. The Bertz CT molecular complexity index is 986. The molecule has 0 unspecified atom stereocenters. The summed E-state index contributed by atoms with van der Waals surface area (Å²) < 4.78 is 17.5. The Kier molecular flexibility index (Phi) is 8.65. The van der Waals surface area contributed by atoms with E-state index in [1.807, 2.05) is 0 Å². The molecular formula is C23H27BrCl2N2O5. The molecule has 1 heterocycles. The molecule has 0 aliphatic carbocycles. The summed E-state index contributed by atoms with van der Waals surface area (Å²) in [5.41, 5.74) is -1.19. The number of carbonyl (C=O) groups is 2. The molecule has 0 fully saturated rings. The van der Waals surface area contributed by atoms with E-state index in [4.69, 9.17) is 37.4 Å². The summed E-state index contributed by atoms with van der Waals surface area (Å²) in [6.45, 7) is 11.9. The minimum Gasteiger partial charge on any atom is -0.482 e. The van der Waals surface area contributed by atoms with E-state index in [0.717, 1.165) is 0 Å². The molecule has 0 saturated carbocycles. The van der Waals surface area contributed by atoms with Gasteiger partial charge in [0.1, 0.15) is 17.3 Å². The fraction of sp³-hybridized carbons (Fsp3) is 0.435. The van der Waals surface area contributed by atoms with Gasteiger partial charge in [0.2, 0.25) is 0 Å². The van der Waals surface area contributed by atoms with Crippen LogP contribution in [0.2, 0.25) is 10.0 Å². The van der Waals surface area contributed by atoms with Crippen molar-refractivity contribution in [1.29, 1.82) is 0 Å². The Morgan fingerprint density at radius 1 is 1.00 bits per heavy atom. The first-order chi connectivity index (χ1) is 15.1. The van der Waals surface area contributed by atoms with Crippen molar-refractivity contribution in [1.82, 2.24) is 4.98 Å². The van der Waals surface area contributed by atoms with Gasteiger partial charge in [-0.2, -0.15) is 4.90 Å². The van der Waals surface area contributed by atoms with Crippen molar-refractivity contribution in [2.75, 3.05) is 4.90 Å². The van der Waals surface area contributed by atoms with Crippen molar-refractivity contribution in [2.24, 2.45) is 0 Å². The number of amides is 2. The second-order valence-corrected chi connectivity index (χ2v) is 10.9. The van der Waals surface area contributed by atoms with E-state index in [9.17, 15) is 9.59 Å². The Hall–Kier alpha value is -2.03. The zero-order valence-electron chi connectivity index (χ0n) is 19.5. The number of halogens is 3. The Morgan fingerprint density at radius 2 is 1.48 bits per heavy atom. The largest absolute Gasteiger partial charge is 0.482 e. The smallest absolute Gasteiger partial charge is 0.425 e. The first kappa shape index (κ1) is 27.2. The molecule has 0 bridgehead atoms. The lowest BCUT2D eigenvalue weighted by Gasteiger charge is -2.29. The summed E-state index contributed by atoms with van der Waals surface area (Å²) in [6.07, 6.45) is -1.13. The van der Waals surface area contributed by atoms with Gasteiger partial charge in [-0.1, -0.05) is 29.3 Å². The Morgan fingerprint density at radius 3 is 1.94 bits per heavy atom. The summed E-state index contributed by atoms with van der Waals surface area (Å²) in [6, 6.07) is 6.68. The van der Waals surface area contributed by atoms with Crippen LogP contribution in [0.15, 0.2) is 34.9 Å². The minimum atomic E-state index is -0.958. The fourth-order valence-electron chi connectivity index (χ4n) is 2.68. The fourth-order valence-corrected chi connectivity index (χ4v) is 3.69. The molecule has 2 amide bonds. The molecule has 0 N–H and O–H groups in total. The number of anilines is 1. The molecule has 1 atom stereocenters. The highest BCUT2D eigenvalue weighted by Crippen LogP contribution is 2.37. The maximum absolute atomic E-state index is 13.0. The first-order valence-corrected chi connectivity index (χ1v) is 11.7. The van der Waals surface area contributed by atoms with Gasteiger partial charge in [0.05, 0.1) is 0 Å². The van der Waals surface area contributed by atoms with Crippen LogP contribution in [0.4, 0.5) is 15.4 Å². The van der Waals surface area contributed by atoms with Crippen LogP contribution in [0.25, 0.3) is 0 Å². The van der Waals surface area contributed by atoms with Gasteiger partial charge in [0.15, 0.2) is 11.6 Å². The van der Waals surface area contributed by atoms with E-state index in [1.54, 1.807) is 72.7 Å². The summed E-state index contributed by atoms with van der Waals surface area (Å²) in [4.78, 5) is 31.0. The molecule has 0 spiro atoms. The normalized spacial score (nSPS) is 12.7. The molecule has 0 aliphatic rings. The number of benzene rings is 1. The first-order valence-electron chi connectivity index (χ1n) is 10.1. The molecule has 180 valence electrons. The lowest BCUT2D eigenvalue weighted by Crippen LogP contribution is -2.44. The van der Waals surface area contributed by atoms with Gasteiger partial charge in [-0.3, -0.25) is 0 Å². The number of hydrogen-bond acceptors (Lipinski definition) is 6. The maximum Gasteiger partial charge on any atom is 0.425 e. The van der Waals surface area contributed by atoms with Crippen LogP contribution in [0.5, 0.6) is 5.75 Å². The molecule has 10 heteroatoms. The predicted octanol–water partition coefficient (Wildman–Crippen LogP) is 7.97. The van der Waals surface area contributed by atoms with E-state index >= 15 is 0 Å². The third kappa shape index (κ3) is 7.76. The van der Waals surface area contributed by atoms with Crippen molar-refractivity contribution in [3.05, 3.63) is 50.5 Å². The second-order valence-electron chi connectivity index (χ2n) is 9.17. The third-order valence-electron chi connectivity index (χ3n) is 3.87. The van der Waals surface area contributed by atoms with E-state index < -0.39 is 29.5 Å². The van der Waals surface area contributed by atoms with E-state index in [1.165, 1.54) is 6.20 Å². The maximum atomic E-state index is 13.0. The van der Waals surface area contributed by atoms with Crippen molar-refractivity contribution >= 4 is 57.1 Å². The standard InChI is InChI=1S/C23H27BrCl2N2O5/c1-13(18-15(25)9-8-10-16(18)26)31-17-11-14(24)12-27-19(17)28(20(29)32-22(2,3)4)21(30)33-23(5,6)7/h8-13H,1-7H3/t13-/m1/s1. The Balaban J connectivity index is 2.55. The van der Waals surface area contributed by atoms with Crippen LogP contribution in [0.3, 0.4) is 0 Å². The van der Waals surface area contributed by atoms with E-state index in [0.29, 0.717) is 25.0 Å². The highest BCUT2D eigenvalue weighted by atomic mass is 79.9. The van der Waals surface area contributed by atoms with Crippen LogP contribution in [-0.4, -0.2) is 28.4 Å². The van der Waals surface area contributed by atoms with Gasteiger partial charge in [-0.15, -0.1) is 0 Å². The number of ether oxygens (including phenoxy) is 3. The van der Waals surface area contributed by atoms with E-state index in [-0.39, 0.29) is 11.6 Å². The lowest BCUT2D eigenvalue weighted by atomic mass is 10.1. The average molecular weight is 562 g/mol. The molecule has 0 aliphatic heterocycles.